The quantitative estimate of drug-likeness (QED) is 0.841. The van der Waals surface area contributed by atoms with Crippen molar-refractivity contribution in [1.82, 2.24) is 0 Å². The summed E-state index contributed by atoms with van der Waals surface area (Å²) in [6.07, 6.45) is -0.581. The molecule has 100 valence electrons. The monoisotopic (exact) mass is 272 g/mol. The van der Waals surface area contributed by atoms with Crippen LogP contribution in [-0.2, 0) is 9.84 Å². The highest BCUT2D eigenvalue weighted by atomic mass is 32.2. The molecule has 0 aliphatic heterocycles. The molecular formula is C12H16O5S. The highest BCUT2D eigenvalue weighted by Gasteiger charge is 2.18. The summed E-state index contributed by atoms with van der Waals surface area (Å²) >= 11 is 0. The molecule has 1 atom stereocenters. The maximum absolute atomic E-state index is 11.9. The van der Waals surface area contributed by atoms with Crippen LogP contribution in [0.1, 0.15) is 29.3 Å². The second kappa shape index (κ2) is 5.49. The molecule has 2 N–H and O–H groups in total. The number of hydrogen-bond donors (Lipinski definition) is 2. The Balaban J connectivity index is 3.10. The van der Waals surface area contributed by atoms with Crippen LogP contribution in [0.5, 0.6) is 0 Å². The van der Waals surface area contributed by atoms with Crippen molar-refractivity contribution in [2.45, 2.75) is 31.3 Å². The van der Waals surface area contributed by atoms with E-state index in [1.807, 2.05) is 0 Å². The van der Waals surface area contributed by atoms with Gasteiger partial charge in [0.2, 0.25) is 0 Å². The van der Waals surface area contributed by atoms with E-state index in [1.54, 1.807) is 6.92 Å². The third-order valence-electron chi connectivity index (χ3n) is 2.60. The number of aromatic carboxylic acids is 1. The van der Waals surface area contributed by atoms with Crippen molar-refractivity contribution in [1.29, 1.82) is 0 Å². The lowest BCUT2D eigenvalue weighted by molar-refractivity contribution is 0.0696. The van der Waals surface area contributed by atoms with E-state index in [0.29, 0.717) is 5.56 Å². The summed E-state index contributed by atoms with van der Waals surface area (Å²) in [4.78, 5) is 10.9. The lowest BCUT2D eigenvalue weighted by Crippen LogP contribution is -2.13. The maximum atomic E-state index is 11.9. The number of aliphatic hydroxyl groups is 1. The number of rotatable bonds is 5. The third-order valence-corrected chi connectivity index (χ3v) is 4.35. The van der Waals surface area contributed by atoms with Crippen LogP contribution < -0.4 is 0 Å². The van der Waals surface area contributed by atoms with Gasteiger partial charge >= 0.3 is 5.97 Å². The topological polar surface area (TPSA) is 91.7 Å². The van der Waals surface area contributed by atoms with Crippen molar-refractivity contribution in [3.05, 3.63) is 29.3 Å². The summed E-state index contributed by atoms with van der Waals surface area (Å²) in [7, 11) is -3.55. The predicted molar refractivity (Wildman–Crippen MR) is 66.5 cm³/mol. The zero-order chi connectivity index (χ0) is 13.9. The second-order valence-corrected chi connectivity index (χ2v) is 6.35. The fraction of sp³-hybridized carbons (Fsp3) is 0.417. The Labute approximate surface area is 106 Å². The van der Waals surface area contributed by atoms with Gasteiger partial charge in [0.1, 0.15) is 0 Å². The van der Waals surface area contributed by atoms with Crippen molar-refractivity contribution in [3.63, 3.8) is 0 Å². The molecule has 0 amide bonds. The Kier molecular flexibility index (Phi) is 4.48. The number of hydrogen-bond acceptors (Lipinski definition) is 4. The van der Waals surface area contributed by atoms with Gasteiger partial charge in [-0.15, -0.1) is 0 Å². The SMILES string of the molecule is Cc1ccc(S(=O)(=O)CCC(C)O)cc1C(=O)O. The molecule has 5 nitrogen and oxygen atoms in total. The average molecular weight is 272 g/mol. The van der Waals surface area contributed by atoms with Crippen molar-refractivity contribution >= 4 is 15.8 Å². The van der Waals surface area contributed by atoms with Gasteiger partial charge < -0.3 is 10.2 Å². The second-order valence-electron chi connectivity index (χ2n) is 4.24. The number of carboxylic acid groups (broad SMARTS) is 1. The molecule has 0 aliphatic rings. The van der Waals surface area contributed by atoms with Gasteiger partial charge in [-0.1, -0.05) is 6.07 Å². The van der Waals surface area contributed by atoms with Gasteiger partial charge in [0.25, 0.3) is 0 Å². The first kappa shape index (κ1) is 14.7. The number of carbonyl (C=O) groups is 1. The minimum atomic E-state index is -3.55. The van der Waals surface area contributed by atoms with Gasteiger partial charge in [0.15, 0.2) is 9.84 Å². The molecule has 0 aliphatic carbocycles. The smallest absolute Gasteiger partial charge is 0.335 e. The largest absolute Gasteiger partial charge is 0.478 e. The van der Waals surface area contributed by atoms with Crippen LogP contribution in [0.4, 0.5) is 0 Å². The fourth-order valence-electron chi connectivity index (χ4n) is 1.47. The van der Waals surface area contributed by atoms with E-state index in [2.05, 4.69) is 0 Å². The molecule has 18 heavy (non-hydrogen) atoms. The Bertz CT molecular complexity index is 546. The first-order chi connectivity index (χ1) is 8.24. The van der Waals surface area contributed by atoms with Crippen molar-refractivity contribution in [2.24, 2.45) is 0 Å². The maximum Gasteiger partial charge on any atom is 0.335 e. The third kappa shape index (κ3) is 3.54. The van der Waals surface area contributed by atoms with Gasteiger partial charge in [-0.05, 0) is 38.0 Å². The summed E-state index contributed by atoms with van der Waals surface area (Å²) in [6.45, 7) is 3.11. The molecule has 0 aromatic heterocycles. The highest BCUT2D eigenvalue weighted by Crippen LogP contribution is 2.18. The highest BCUT2D eigenvalue weighted by molar-refractivity contribution is 7.91. The molecule has 0 radical (unpaired) electrons. The summed E-state index contributed by atoms with van der Waals surface area (Å²) in [5.41, 5.74) is 0.491. The molecule has 1 aromatic rings. The van der Waals surface area contributed by atoms with Gasteiger partial charge in [0.05, 0.1) is 22.3 Å². The molecule has 0 saturated carbocycles. The molecule has 1 aromatic carbocycles. The van der Waals surface area contributed by atoms with E-state index >= 15 is 0 Å². The Morgan fingerprint density at radius 3 is 2.50 bits per heavy atom. The predicted octanol–water partition coefficient (Wildman–Crippen LogP) is 1.24. The summed E-state index contributed by atoms with van der Waals surface area (Å²) in [6, 6.07) is 4.02. The van der Waals surface area contributed by atoms with Crippen LogP contribution in [-0.4, -0.2) is 36.5 Å². The molecule has 0 saturated heterocycles. The molecule has 1 rings (SSSR count). The van der Waals surface area contributed by atoms with E-state index < -0.39 is 21.9 Å². The van der Waals surface area contributed by atoms with Crippen molar-refractivity contribution in [3.8, 4) is 0 Å². The van der Waals surface area contributed by atoms with E-state index in [1.165, 1.54) is 19.1 Å². The zero-order valence-corrected chi connectivity index (χ0v) is 11.1. The summed E-state index contributed by atoms with van der Waals surface area (Å²) in [5, 5.41) is 18.0. The van der Waals surface area contributed by atoms with E-state index in [4.69, 9.17) is 10.2 Å². The molecular weight excluding hydrogens is 256 g/mol. The first-order valence-electron chi connectivity index (χ1n) is 5.49. The number of benzene rings is 1. The van der Waals surface area contributed by atoms with E-state index in [9.17, 15) is 13.2 Å². The Morgan fingerprint density at radius 2 is 2.00 bits per heavy atom. The Hall–Kier alpha value is -1.40. The van der Waals surface area contributed by atoms with Crippen molar-refractivity contribution in [2.75, 3.05) is 5.75 Å². The fourth-order valence-corrected chi connectivity index (χ4v) is 2.93. The van der Waals surface area contributed by atoms with Gasteiger partial charge in [0, 0.05) is 0 Å². The van der Waals surface area contributed by atoms with Crippen LogP contribution >= 0.6 is 0 Å². The minimum absolute atomic E-state index is 0.0203. The molecule has 1 unspecified atom stereocenters. The van der Waals surface area contributed by atoms with Crippen LogP contribution in [0, 0.1) is 6.92 Å². The summed E-state index contributed by atoms with van der Waals surface area (Å²) < 4.78 is 23.8. The van der Waals surface area contributed by atoms with Gasteiger partial charge in [-0.25, -0.2) is 13.2 Å². The number of aryl methyl sites for hydroxylation is 1. The Morgan fingerprint density at radius 1 is 1.39 bits per heavy atom. The molecule has 0 heterocycles. The van der Waals surface area contributed by atoms with Gasteiger partial charge in [-0.2, -0.15) is 0 Å². The average Bonchev–Trinajstić information content (AvgIpc) is 2.26. The zero-order valence-electron chi connectivity index (χ0n) is 10.3. The molecule has 0 fully saturated rings. The summed E-state index contributed by atoms with van der Waals surface area (Å²) in [5.74, 6) is -1.35. The van der Waals surface area contributed by atoms with Crippen LogP contribution in [0.15, 0.2) is 23.1 Å². The standard InChI is InChI=1S/C12H16O5S/c1-8-3-4-10(7-11(8)12(14)15)18(16,17)6-5-9(2)13/h3-4,7,9,13H,5-6H2,1-2H3,(H,14,15). The number of aliphatic hydroxyl groups excluding tert-OH is 1. The lowest BCUT2D eigenvalue weighted by atomic mass is 10.1. The normalized spacial score (nSPS) is 13.3. The van der Waals surface area contributed by atoms with E-state index in [-0.39, 0.29) is 22.6 Å². The first-order valence-corrected chi connectivity index (χ1v) is 7.14. The minimum Gasteiger partial charge on any atom is -0.478 e. The van der Waals surface area contributed by atoms with E-state index in [0.717, 1.165) is 6.07 Å². The van der Waals surface area contributed by atoms with Crippen molar-refractivity contribution < 1.29 is 23.4 Å². The van der Waals surface area contributed by atoms with Crippen LogP contribution in [0.2, 0.25) is 0 Å². The lowest BCUT2D eigenvalue weighted by Gasteiger charge is -2.08. The molecule has 0 spiro atoms. The number of carboxylic acids is 1. The molecule has 0 bridgehead atoms. The molecule has 6 heteroatoms. The van der Waals surface area contributed by atoms with Gasteiger partial charge in [-0.3, -0.25) is 0 Å². The number of sulfone groups is 1. The van der Waals surface area contributed by atoms with Crippen LogP contribution in [0.3, 0.4) is 0 Å². The van der Waals surface area contributed by atoms with Crippen LogP contribution in [0.25, 0.3) is 0 Å².